The number of ether oxygens (including phenoxy) is 2. The van der Waals surface area contributed by atoms with E-state index in [4.69, 9.17) is 14.5 Å². The number of benzene rings is 2. The number of likely N-dealkylation sites (N-methyl/N-ethyl adjacent to an activating group) is 1. The number of fused-ring (bicyclic) bond motifs is 5. The Morgan fingerprint density at radius 3 is 2.64 bits per heavy atom. The van der Waals surface area contributed by atoms with E-state index in [0.717, 1.165) is 28.2 Å². The molecule has 0 spiro atoms. The molecule has 1 aliphatic heterocycles. The van der Waals surface area contributed by atoms with Gasteiger partial charge in [-0.2, -0.15) is 0 Å². The molecule has 0 atom stereocenters. The monoisotopic (exact) mass is 514 g/mol. The average Bonchev–Trinajstić information content (AvgIpc) is 2.82. The van der Waals surface area contributed by atoms with E-state index >= 15 is 0 Å². The first-order valence-corrected chi connectivity index (χ1v) is 8.07. The van der Waals surface area contributed by atoms with Gasteiger partial charge in [0.05, 0.1) is 25.7 Å². The molecule has 4 rings (SSSR count). The van der Waals surface area contributed by atoms with E-state index in [0.29, 0.717) is 11.5 Å². The maximum Gasteiger partial charge on any atom is 0.0776 e. The van der Waals surface area contributed by atoms with Crippen molar-refractivity contribution in [3.63, 3.8) is 0 Å². The Balaban J connectivity index is 0.00000182. The Labute approximate surface area is 161 Å². The Hall–Kier alpha value is -1.84. The summed E-state index contributed by atoms with van der Waals surface area (Å²) < 4.78 is 10.8. The van der Waals surface area contributed by atoms with Gasteiger partial charge in [-0.15, -0.1) is 10.8 Å². The minimum absolute atomic E-state index is 0. The third-order valence-electron chi connectivity index (χ3n) is 4.96. The molecule has 0 unspecified atom stereocenters. The largest absolute Gasteiger partial charge is 0.536 e. The van der Waals surface area contributed by atoms with Crippen LogP contribution in [0.4, 0.5) is 5.69 Å². The van der Waals surface area contributed by atoms with E-state index in [-0.39, 0.29) is 25.5 Å². The molecule has 5 heteroatoms. The summed E-state index contributed by atoms with van der Waals surface area (Å²) in [4.78, 5) is 7.11. The number of hydrogen-bond acceptors (Lipinski definition) is 4. The summed E-state index contributed by atoms with van der Waals surface area (Å²) in [5, 5.41) is 3.18. The van der Waals surface area contributed by atoms with Crippen LogP contribution in [0.15, 0.2) is 24.4 Å². The Morgan fingerprint density at radius 2 is 1.96 bits per heavy atom. The molecule has 1 radical (unpaired) electrons. The van der Waals surface area contributed by atoms with E-state index in [2.05, 4.69) is 44.0 Å². The molecule has 1 aliphatic rings. The molecule has 3 aromatic rings. The number of pyridine rings is 1. The van der Waals surface area contributed by atoms with Crippen molar-refractivity contribution in [3.8, 4) is 11.5 Å². The molecule has 1 aromatic heterocycles. The van der Waals surface area contributed by atoms with Crippen molar-refractivity contribution in [2.45, 2.75) is 19.3 Å². The quantitative estimate of drug-likeness (QED) is 0.384. The van der Waals surface area contributed by atoms with Crippen molar-refractivity contribution < 1.29 is 29.6 Å². The first-order chi connectivity index (χ1) is 11.5. The zero-order chi connectivity index (χ0) is 17.1. The van der Waals surface area contributed by atoms with Crippen LogP contribution in [0.2, 0.25) is 0 Å². The molecule has 0 amide bonds. The fourth-order valence-electron chi connectivity index (χ4n) is 3.87. The molecule has 2 aromatic carbocycles. The zero-order valence-electron chi connectivity index (χ0n) is 15.1. The standard InChI is InChI=1S/C20H21N2O2.Ir/c1-20(2)11-22(3)19-13-7-6-12-8-16(23-4)17(24-5)9-14(12)18(13)21-10-15(19)20;/h6-8,10H,11H2,1-5H3;/q-1;. The van der Waals surface area contributed by atoms with Gasteiger partial charge in [0.15, 0.2) is 0 Å². The van der Waals surface area contributed by atoms with Crippen LogP contribution in [-0.2, 0) is 25.5 Å². The van der Waals surface area contributed by atoms with Gasteiger partial charge in [-0.05, 0) is 16.5 Å². The summed E-state index contributed by atoms with van der Waals surface area (Å²) in [5.74, 6) is 1.29. The minimum Gasteiger partial charge on any atom is -0.536 e. The van der Waals surface area contributed by atoms with E-state index in [1.54, 1.807) is 14.2 Å². The van der Waals surface area contributed by atoms with Crippen molar-refractivity contribution in [1.29, 1.82) is 0 Å². The van der Waals surface area contributed by atoms with Gasteiger partial charge < -0.3 is 19.4 Å². The molecular weight excluding hydrogens is 492 g/mol. The summed E-state index contributed by atoms with van der Waals surface area (Å²) in [7, 11) is 5.42. The topological polar surface area (TPSA) is 34.6 Å². The number of methoxy groups -OCH3 is 2. The second kappa shape index (κ2) is 6.15. The van der Waals surface area contributed by atoms with E-state index < -0.39 is 0 Å². The van der Waals surface area contributed by atoms with Gasteiger partial charge in [0.2, 0.25) is 0 Å². The van der Waals surface area contributed by atoms with Gasteiger partial charge in [0.1, 0.15) is 0 Å². The third kappa shape index (κ3) is 2.57. The maximum absolute atomic E-state index is 5.42. The molecule has 0 saturated carbocycles. The van der Waals surface area contributed by atoms with Gasteiger partial charge in [-0.1, -0.05) is 38.1 Å². The van der Waals surface area contributed by atoms with Crippen LogP contribution in [0.5, 0.6) is 11.5 Å². The molecule has 4 nitrogen and oxygen atoms in total. The van der Waals surface area contributed by atoms with Gasteiger partial charge in [-0.3, -0.25) is 0 Å². The molecule has 0 bridgehead atoms. The SMILES string of the molecule is COc1[c-]c2c(ccc3c4c(cnc32)C(C)(C)CN4C)cc1OC.[Ir]. The summed E-state index contributed by atoms with van der Waals surface area (Å²) in [6, 6.07) is 9.58. The second-order valence-electron chi connectivity index (χ2n) is 7.06. The molecular formula is C20H21IrN2O2-. The smallest absolute Gasteiger partial charge is 0.0776 e. The van der Waals surface area contributed by atoms with Gasteiger partial charge in [-0.25, -0.2) is 0 Å². The fraction of sp³-hybridized carbons (Fsp3) is 0.350. The van der Waals surface area contributed by atoms with Gasteiger partial charge >= 0.3 is 0 Å². The van der Waals surface area contributed by atoms with Crippen molar-refractivity contribution >= 4 is 27.4 Å². The molecule has 133 valence electrons. The van der Waals surface area contributed by atoms with Crippen LogP contribution in [0, 0.1) is 6.07 Å². The van der Waals surface area contributed by atoms with E-state index in [1.165, 1.54) is 11.3 Å². The summed E-state index contributed by atoms with van der Waals surface area (Å²) in [5.41, 5.74) is 3.64. The molecule has 2 heterocycles. The van der Waals surface area contributed by atoms with E-state index in [9.17, 15) is 0 Å². The normalized spacial score (nSPS) is 15.2. The van der Waals surface area contributed by atoms with Gasteiger partial charge in [0.25, 0.3) is 0 Å². The van der Waals surface area contributed by atoms with Crippen LogP contribution in [0.1, 0.15) is 19.4 Å². The number of rotatable bonds is 2. The summed E-state index contributed by atoms with van der Waals surface area (Å²) >= 11 is 0. The van der Waals surface area contributed by atoms with Gasteiger partial charge in [0, 0.05) is 51.0 Å². The molecule has 0 N–H and O–H groups in total. The fourth-order valence-corrected chi connectivity index (χ4v) is 3.87. The number of aromatic nitrogens is 1. The van der Waals surface area contributed by atoms with Crippen molar-refractivity contribution in [2.24, 2.45) is 0 Å². The first kappa shape index (κ1) is 18.0. The molecule has 25 heavy (non-hydrogen) atoms. The molecule has 0 saturated heterocycles. The maximum atomic E-state index is 5.42. The number of nitrogens with zero attached hydrogens (tertiary/aromatic N) is 2. The second-order valence-corrected chi connectivity index (χ2v) is 7.06. The number of anilines is 1. The predicted octanol–water partition coefficient (Wildman–Crippen LogP) is 3.93. The van der Waals surface area contributed by atoms with Crippen molar-refractivity contribution in [3.05, 3.63) is 36.0 Å². The summed E-state index contributed by atoms with van der Waals surface area (Å²) in [6.45, 7) is 5.53. The first-order valence-electron chi connectivity index (χ1n) is 8.07. The average molecular weight is 514 g/mol. The third-order valence-corrected chi connectivity index (χ3v) is 4.96. The molecule has 0 aliphatic carbocycles. The van der Waals surface area contributed by atoms with E-state index in [1.807, 2.05) is 12.3 Å². The Kier molecular flexibility index (Phi) is 4.42. The minimum atomic E-state index is 0. The predicted molar refractivity (Wildman–Crippen MR) is 97.5 cm³/mol. The zero-order valence-corrected chi connectivity index (χ0v) is 17.5. The summed E-state index contributed by atoms with van der Waals surface area (Å²) in [6.07, 6.45) is 2.02. The van der Waals surface area contributed by atoms with Crippen LogP contribution in [-0.4, -0.2) is 32.8 Å². The van der Waals surface area contributed by atoms with Crippen LogP contribution >= 0.6 is 0 Å². The van der Waals surface area contributed by atoms with Crippen molar-refractivity contribution in [2.75, 3.05) is 32.7 Å². The van der Waals surface area contributed by atoms with Crippen LogP contribution < -0.4 is 14.4 Å². The Bertz CT molecular complexity index is 969. The number of hydrogen-bond donors (Lipinski definition) is 0. The van der Waals surface area contributed by atoms with Crippen LogP contribution in [0.25, 0.3) is 21.7 Å². The van der Waals surface area contributed by atoms with Crippen LogP contribution in [0.3, 0.4) is 0 Å². The Morgan fingerprint density at radius 1 is 1.20 bits per heavy atom. The molecule has 0 fully saturated rings. The van der Waals surface area contributed by atoms with Crippen molar-refractivity contribution in [1.82, 2.24) is 4.98 Å².